The van der Waals surface area contributed by atoms with Crippen molar-refractivity contribution in [2.45, 2.75) is 38.8 Å². The predicted octanol–water partition coefficient (Wildman–Crippen LogP) is 1.13. The highest BCUT2D eigenvalue weighted by molar-refractivity contribution is 7.11. The number of rotatable bonds is 7. The van der Waals surface area contributed by atoms with E-state index in [9.17, 15) is 14.4 Å². The minimum absolute atomic E-state index is 0.178. The number of aliphatic carboxylic acids is 2. The molecule has 0 aliphatic carbocycles. The number of urea groups is 1. The molecule has 1 aromatic heterocycles. The number of carbonyl (C=O) groups excluding carboxylic acids is 1. The van der Waals surface area contributed by atoms with Gasteiger partial charge in [0.05, 0.1) is 6.04 Å². The first-order valence-corrected chi connectivity index (χ1v) is 7.05. The van der Waals surface area contributed by atoms with Crippen LogP contribution in [0.4, 0.5) is 4.79 Å². The van der Waals surface area contributed by atoms with E-state index in [2.05, 4.69) is 15.6 Å². The first kappa shape index (κ1) is 16.9. The molecule has 2 atom stereocenters. The van der Waals surface area contributed by atoms with E-state index in [1.54, 1.807) is 13.1 Å². The first-order valence-electron chi connectivity index (χ1n) is 6.23. The van der Waals surface area contributed by atoms with Crippen LogP contribution < -0.4 is 10.6 Å². The normalized spacial score (nSPS) is 13.2. The van der Waals surface area contributed by atoms with Gasteiger partial charge in [-0.1, -0.05) is 0 Å². The summed E-state index contributed by atoms with van der Waals surface area (Å²) in [7, 11) is 0. The van der Waals surface area contributed by atoms with E-state index in [0.717, 1.165) is 4.88 Å². The molecule has 0 radical (unpaired) electrons. The molecule has 0 fully saturated rings. The summed E-state index contributed by atoms with van der Waals surface area (Å²) in [5.41, 5.74) is 0. The molecule has 21 heavy (non-hydrogen) atoms. The molecule has 116 valence electrons. The van der Waals surface area contributed by atoms with E-state index in [4.69, 9.17) is 10.2 Å². The number of aromatic nitrogens is 1. The Morgan fingerprint density at radius 2 is 2.00 bits per heavy atom. The fraction of sp³-hybridized carbons (Fsp3) is 0.500. The fourth-order valence-electron chi connectivity index (χ4n) is 1.56. The van der Waals surface area contributed by atoms with Crippen LogP contribution in [0.1, 0.15) is 35.7 Å². The van der Waals surface area contributed by atoms with E-state index in [-0.39, 0.29) is 18.9 Å². The molecule has 8 nitrogen and oxygen atoms in total. The number of nitrogens with one attached hydrogen (secondary N) is 2. The molecule has 4 N–H and O–H groups in total. The SMILES string of the molecule is Cc1cnc(C(C)NC(=O)N[C@@H](CCC(=O)O)C(=O)O)s1. The number of carboxylic acids is 2. The second-order valence-electron chi connectivity index (χ2n) is 4.47. The number of aryl methyl sites for hydroxylation is 1. The fourth-order valence-corrected chi connectivity index (χ4v) is 2.33. The summed E-state index contributed by atoms with van der Waals surface area (Å²) in [6, 6.07) is -2.28. The predicted molar refractivity (Wildman–Crippen MR) is 75.2 cm³/mol. The number of carboxylic acid groups (broad SMARTS) is 2. The maximum atomic E-state index is 11.7. The number of hydrogen-bond acceptors (Lipinski definition) is 5. The van der Waals surface area contributed by atoms with Gasteiger partial charge in [-0.3, -0.25) is 4.79 Å². The van der Waals surface area contributed by atoms with E-state index in [1.807, 2.05) is 6.92 Å². The van der Waals surface area contributed by atoms with Crippen molar-refractivity contribution in [1.29, 1.82) is 0 Å². The van der Waals surface area contributed by atoms with Crippen LogP contribution >= 0.6 is 11.3 Å². The zero-order valence-electron chi connectivity index (χ0n) is 11.6. The summed E-state index contributed by atoms with van der Waals surface area (Å²) in [5.74, 6) is -2.39. The number of hydrogen-bond donors (Lipinski definition) is 4. The van der Waals surface area contributed by atoms with Crippen molar-refractivity contribution in [3.8, 4) is 0 Å². The van der Waals surface area contributed by atoms with Crippen LogP contribution in [-0.4, -0.2) is 39.2 Å². The Balaban J connectivity index is 2.53. The molecule has 0 saturated carbocycles. The quantitative estimate of drug-likeness (QED) is 0.597. The van der Waals surface area contributed by atoms with E-state index < -0.39 is 24.0 Å². The maximum absolute atomic E-state index is 11.7. The van der Waals surface area contributed by atoms with Gasteiger partial charge in [0.25, 0.3) is 0 Å². The minimum atomic E-state index is -1.27. The molecule has 1 aromatic rings. The third-order valence-corrected chi connectivity index (χ3v) is 3.70. The molecule has 1 unspecified atom stereocenters. The Hall–Kier alpha value is -2.16. The largest absolute Gasteiger partial charge is 0.481 e. The summed E-state index contributed by atoms with van der Waals surface area (Å²) < 4.78 is 0. The second-order valence-corrected chi connectivity index (χ2v) is 5.74. The van der Waals surface area contributed by atoms with Gasteiger partial charge in [0.2, 0.25) is 0 Å². The lowest BCUT2D eigenvalue weighted by Gasteiger charge is -2.16. The van der Waals surface area contributed by atoms with Gasteiger partial charge < -0.3 is 20.8 Å². The molecular weight excluding hydrogens is 298 g/mol. The monoisotopic (exact) mass is 315 g/mol. The summed E-state index contributed by atoms with van der Waals surface area (Å²) in [4.78, 5) is 38.3. The Morgan fingerprint density at radius 1 is 1.33 bits per heavy atom. The van der Waals surface area contributed by atoms with Crippen molar-refractivity contribution < 1.29 is 24.6 Å². The van der Waals surface area contributed by atoms with E-state index in [1.165, 1.54) is 11.3 Å². The van der Waals surface area contributed by atoms with Gasteiger partial charge in [-0.25, -0.2) is 14.6 Å². The van der Waals surface area contributed by atoms with Gasteiger partial charge in [0, 0.05) is 17.5 Å². The lowest BCUT2D eigenvalue weighted by molar-refractivity contribution is -0.140. The topological polar surface area (TPSA) is 129 Å². The highest BCUT2D eigenvalue weighted by Gasteiger charge is 2.22. The van der Waals surface area contributed by atoms with Gasteiger partial charge in [-0.2, -0.15) is 0 Å². The first-order chi connectivity index (χ1) is 9.79. The van der Waals surface area contributed by atoms with Crippen molar-refractivity contribution in [3.05, 3.63) is 16.1 Å². The highest BCUT2D eigenvalue weighted by Crippen LogP contribution is 2.18. The molecule has 1 heterocycles. The molecule has 9 heteroatoms. The van der Waals surface area contributed by atoms with Gasteiger partial charge in [0.1, 0.15) is 11.0 Å². The smallest absolute Gasteiger partial charge is 0.326 e. The van der Waals surface area contributed by atoms with Crippen LogP contribution in [-0.2, 0) is 9.59 Å². The minimum Gasteiger partial charge on any atom is -0.481 e. The number of amides is 2. The summed E-state index contributed by atoms with van der Waals surface area (Å²) in [6.45, 7) is 3.62. The van der Waals surface area contributed by atoms with Crippen LogP contribution in [0.5, 0.6) is 0 Å². The summed E-state index contributed by atoms with van der Waals surface area (Å²) in [5, 5.41) is 23.0. The number of thiazole rings is 1. The van der Waals surface area contributed by atoms with Crippen LogP contribution in [0.15, 0.2) is 6.20 Å². The molecule has 2 amide bonds. The van der Waals surface area contributed by atoms with E-state index >= 15 is 0 Å². The zero-order valence-corrected chi connectivity index (χ0v) is 12.4. The Kier molecular flexibility index (Phi) is 6.10. The van der Waals surface area contributed by atoms with Gasteiger partial charge in [0.15, 0.2) is 0 Å². The van der Waals surface area contributed by atoms with Crippen molar-refractivity contribution in [3.63, 3.8) is 0 Å². The van der Waals surface area contributed by atoms with Crippen LogP contribution in [0.2, 0.25) is 0 Å². The molecule has 0 bridgehead atoms. The number of nitrogens with zero attached hydrogens (tertiary/aromatic N) is 1. The van der Waals surface area contributed by atoms with Crippen molar-refractivity contribution in [2.24, 2.45) is 0 Å². The highest BCUT2D eigenvalue weighted by atomic mass is 32.1. The molecule has 0 aromatic carbocycles. The van der Waals surface area contributed by atoms with E-state index in [0.29, 0.717) is 5.01 Å². The van der Waals surface area contributed by atoms with Crippen LogP contribution in [0, 0.1) is 6.92 Å². The molecule has 0 saturated heterocycles. The standard InChI is InChI=1S/C12H17N3O5S/c1-6-5-13-10(21-6)7(2)14-12(20)15-8(11(18)19)3-4-9(16)17/h5,7-8H,3-4H2,1-2H3,(H,16,17)(H,18,19)(H2,14,15,20)/t7?,8-/m0/s1. The second kappa shape index (κ2) is 7.58. The molecule has 0 aliphatic heterocycles. The zero-order chi connectivity index (χ0) is 16.0. The Labute approximate surface area is 125 Å². The number of carbonyl (C=O) groups is 3. The van der Waals surface area contributed by atoms with Gasteiger partial charge in [-0.15, -0.1) is 11.3 Å². The third kappa shape index (κ3) is 5.78. The molecule has 0 aliphatic rings. The van der Waals surface area contributed by atoms with Gasteiger partial charge >= 0.3 is 18.0 Å². The van der Waals surface area contributed by atoms with Crippen molar-refractivity contribution in [1.82, 2.24) is 15.6 Å². The van der Waals surface area contributed by atoms with Crippen LogP contribution in [0.25, 0.3) is 0 Å². The average molecular weight is 315 g/mol. The molecule has 0 spiro atoms. The van der Waals surface area contributed by atoms with Crippen molar-refractivity contribution >= 4 is 29.3 Å². The molecular formula is C12H17N3O5S. The van der Waals surface area contributed by atoms with Crippen LogP contribution in [0.3, 0.4) is 0 Å². The lowest BCUT2D eigenvalue weighted by Crippen LogP contribution is -2.46. The molecule has 1 rings (SSSR count). The average Bonchev–Trinajstić information content (AvgIpc) is 2.80. The summed E-state index contributed by atoms with van der Waals surface area (Å²) in [6.07, 6.45) is 1.17. The maximum Gasteiger partial charge on any atom is 0.326 e. The summed E-state index contributed by atoms with van der Waals surface area (Å²) >= 11 is 1.43. The van der Waals surface area contributed by atoms with Gasteiger partial charge in [-0.05, 0) is 20.3 Å². The Morgan fingerprint density at radius 3 is 2.48 bits per heavy atom. The Bertz CT molecular complexity index is 531. The third-order valence-electron chi connectivity index (χ3n) is 2.61. The van der Waals surface area contributed by atoms with Crippen molar-refractivity contribution in [2.75, 3.05) is 0 Å². The lowest BCUT2D eigenvalue weighted by atomic mass is 10.1.